The monoisotopic (exact) mass is 418 g/mol. The zero-order valence-electron chi connectivity index (χ0n) is 18.4. The summed E-state index contributed by atoms with van der Waals surface area (Å²) in [6.07, 6.45) is 1.77. The van der Waals surface area contributed by atoms with E-state index in [2.05, 4.69) is 45.7 Å². The number of aromatic nitrogens is 1. The largest absolute Gasteiger partial charge is 0.494 e. The minimum atomic E-state index is 0.456. The van der Waals surface area contributed by atoms with Crippen LogP contribution in [0.25, 0.3) is 0 Å². The minimum absolute atomic E-state index is 0.456. The molecule has 0 aliphatic heterocycles. The number of benzene rings is 2. The molecule has 0 bridgehead atoms. The van der Waals surface area contributed by atoms with Crippen molar-refractivity contribution in [1.29, 1.82) is 0 Å². The number of guanidine groups is 1. The maximum Gasteiger partial charge on any atom is 0.191 e. The standard InChI is InChI=1S/C25H30N4O2/c1-4-30-24-15-19(2)8-11-21(24)17-29-25(26-3)28-16-20-9-12-23(13-10-20)31-18-22-7-5-6-14-27-22/h5-15H,4,16-18H2,1-3H3,(H2,26,28,29). The Morgan fingerprint density at radius 1 is 0.968 bits per heavy atom. The predicted molar refractivity (Wildman–Crippen MR) is 124 cm³/mol. The van der Waals surface area contributed by atoms with Crippen LogP contribution in [0, 0.1) is 6.92 Å². The van der Waals surface area contributed by atoms with E-state index in [1.165, 1.54) is 5.56 Å². The van der Waals surface area contributed by atoms with Crippen molar-refractivity contribution in [2.75, 3.05) is 13.7 Å². The lowest BCUT2D eigenvalue weighted by atomic mass is 10.1. The van der Waals surface area contributed by atoms with Gasteiger partial charge < -0.3 is 20.1 Å². The fourth-order valence-electron chi connectivity index (χ4n) is 3.03. The smallest absolute Gasteiger partial charge is 0.191 e. The predicted octanol–water partition coefficient (Wildman–Crippen LogP) is 4.23. The lowest BCUT2D eigenvalue weighted by Gasteiger charge is -2.15. The van der Waals surface area contributed by atoms with E-state index in [0.29, 0.717) is 26.3 Å². The Morgan fingerprint density at radius 3 is 2.48 bits per heavy atom. The van der Waals surface area contributed by atoms with Gasteiger partial charge in [0.2, 0.25) is 0 Å². The summed E-state index contributed by atoms with van der Waals surface area (Å²) in [5, 5.41) is 6.69. The van der Waals surface area contributed by atoms with Crippen LogP contribution >= 0.6 is 0 Å². The summed E-state index contributed by atoms with van der Waals surface area (Å²) in [7, 11) is 1.77. The summed E-state index contributed by atoms with van der Waals surface area (Å²) in [5.74, 6) is 2.46. The lowest BCUT2D eigenvalue weighted by Crippen LogP contribution is -2.36. The Morgan fingerprint density at radius 2 is 1.77 bits per heavy atom. The van der Waals surface area contributed by atoms with Gasteiger partial charge in [-0.1, -0.05) is 30.3 Å². The first-order valence-corrected chi connectivity index (χ1v) is 10.5. The van der Waals surface area contributed by atoms with Gasteiger partial charge in [0.25, 0.3) is 0 Å². The number of aliphatic imine (C=N–C) groups is 1. The molecule has 162 valence electrons. The Bertz CT molecular complexity index is 973. The van der Waals surface area contributed by atoms with Gasteiger partial charge in [-0.25, -0.2) is 0 Å². The van der Waals surface area contributed by atoms with E-state index in [1.807, 2.05) is 49.4 Å². The molecule has 0 saturated heterocycles. The zero-order valence-corrected chi connectivity index (χ0v) is 18.4. The van der Waals surface area contributed by atoms with Gasteiger partial charge in [0.1, 0.15) is 18.1 Å². The van der Waals surface area contributed by atoms with Crippen LogP contribution in [0.3, 0.4) is 0 Å². The Labute approximate surface area is 184 Å². The molecule has 0 unspecified atom stereocenters. The van der Waals surface area contributed by atoms with Crippen LogP contribution in [0.4, 0.5) is 0 Å². The van der Waals surface area contributed by atoms with Crippen LogP contribution in [0.1, 0.15) is 29.3 Å². The van der Waals surface area contributed by atoms with Gasteiger partial charge in [0.15, 0.2) is 5.96 Å². The summed E-state index contributed by atoms with van der Waals surface area (Å²) < 4.78 is 11.5. The summed E-state index contributed by atoms with van der Waals surface area (Å²) in [6.45, 7) is 6.45. The highest BCUT2D eigenvalue weighted by Crippen LogP contribution is 2.20. The Hall–Kier alpha value is -3.54. The molecule has 31 heavy (non-hydrogen) atoms. The quantitative estimate of drug-likeness (QED) is 0.402. The number of nitrogens with zero attached hydrogens (tertiary/aromatic N) is 2. The highest BCUT2D eigenvalue weighted by molar-refractivity contribution is 5.79. The molecule has 0 amide bonds. The zero-order chi connectivity index (χ0) is 21.9. The van der Waals surface area contributed by atoms with E-state index >= 15 is 0 Å². The second kappa shape index (κ2) is 11.6. The number of hydrogen-bond acceptors (Lipinski definition) is 4. The molecule has 2 aromatic carbocycles. The normalized spacial score (nSPS) is 11.1. The first kappa shape index (κ1) is 22.2. The Balaban J connectivity index is 1.48. The topological polar surface area (TPSA) is 67.8 Å². The third-order valence-corrected chi connectivity index (χ3v) is 4.69. The molecule has 0 aliphatic carbocycles. The van der Waals surface area contributed by atoms with Gasteiger partial charge in [-0.2, -0.15) is 0 Å². The van der Waals surface area contributed by atoms with Crippen LogP contribution < -0.4 is 20.1 Å². The van der Waals surface area contributed by atoms with Crippen molar-refractivity contribution in [3.63, 3.8) is 0 Å². The molecule has 0 fully saturated rings. The van der Waals surface area contributed by atoms with Gasteiger partial charge in [0.05, 0.1) is 12.3 Å². The third-order valence-electron chi connectivity index (χ3n) is 4.69. The van der Waals surface area contributed by atoms with E-state index in [0.717, 1.165) is 34.3 Å². The molecule has 1 aromatic heterocycles. The molecule has 0 aliphatic rings. The molecular formula is C25H30N4O2. The number of pyridine rings is 1. The lowest BCUT2D eigenvalue weighted by molar-refractivity contribution is 0.301. The molecule has 0 atom stereocenters. The molecule has 0 saturated carbocycles. The molecule has 0 spiro atoms. The van der Waals surface area contributed by atoms with Crippen molar-refractivity contribution in [3.05, 3.63) is 89.2 Å². The first-order chi connectivity index (χ1) is 15.2. The van der Waals surface area contributed by atoms with Crippen molar-refractivity contribution < 1.29 is 9.47 Å². The van der Waals surface area contributed by atoms with Gasteiger partial charge in [-0.3, -0.25) is 9.98 Å². The average Bonchev–Trinajstić information content (AvgIpc) is 2.80. The molecule has 1 heterocycles. The number of rotatable bonds is 9. The van der Waals surface area contributed by atoms with Gasteiger partial charge in [-0.05, 0) is 55.3 Å². The molecule has 6 nitrogen and oxygen atoms in total. The number of aryl methyl sites for hydroxylation is 1. The van der Waals surface area contributed by atoms with Crippen LogP contribution in [0.15, 0.2) is 71.9 Å². The van der Waals surface area contributed by atoms with Crippen molar-refractivity contribution in [2.24, 2.45) is 4.99 Å². The van der Waals surface area contributed by atoms with E-state index < -0.39 is 0 Å². The molecule has 0 radical (unpaired) electrons. The summed E-state index contributed by atoms with van der Waals surface area (Å²) >= 11 is 0. The maximum absolute atomic E-state index is 5.79. The number of nitrogens with one attached hydrogen (secondary N) is 2. The SMILES string of the molecule is CCOc1cc(C)ccc1CNC(=NC)NCc1ccc(OCc2ccccn2)cc1. The van der Waals surface area contributed by atoms with Gasteiger partial charge in [-0.15, -0.1) is 0 Å². The fraction of sp³-hybridized carbons (Fsp3) is 0.280. The van der Waals surface area contributed by atoms with E-state index in [1.54, 1.807) is 13.2 Å². The van der Waals surface area contributed by atoms with Gasteiger partial charge >= 0.3 is 0 Å². The molecular weight excluding hydrogens is 388 g/mol. The van der Waals surface area contributed by atoms with Crippen molar-refractivity contribution in [1.82, 2.24) is 15.6 Å². The highest BCUT2D eigenvalue weighted by atomic mass is 16.5. The fourth-order valence-corrected chi connectivity index (χ4v) is 3.03. The van der Waals surface area contributed by atoms with E-state index in [-0.39, 0.29) is 0 Å². The third kappa shape index (κ3) is 7.03. The summed E-state index contributed by atoms with van der Waals surface area (Å²) in [6, 6.07) is 20.1. The van der Waals surface area contributed by atoms with Crippen LogP contribution in [-0.4, -0.2) is 24.6 Å². The van der Waals surface area contributed by atoms with Crippen LogP contribution in [0.5, 0.6) is 11.5 Å². The molecule has 3 rings (SSSR count). The number of ether oxygens (including phenoxy) is 2. The molecule has 2 N–H and O–H groups in total. The summed E-state index contributed by atoms with van der Waals surface area (Å²) in [5.41, 5.74) is 4.33. The van der Waals surface area contributed by atoms with Crippen molar-refractivity contribution in [3.8, 4) is 11.5 Å². The van der Waals surface area contributed by atoms with E-state index in [4.69, 9.17) is 9.47 Å². The van der Waals surface area contributed by atoms with Crippen LogP contribution in [-0.2, 0) is 19.7 Å². The molecule has 6 heteroatoms. The van der Waals surface area contributed by atoms with Crippen molar-refractivity contribution in [2.45, 2.75) is 33.5 Å². The second-order valence-electron chi connectivity index (χ2n) is 7.08. The van der Waals surface area contributed by atoms with Gasteiger partial charge in [0, 0.05) is 31.9 Å². The molecule has 3 aromatic rings. The Kier molecular flexibility index (Phi) is 8.29. The van der Waals surface area contributed by atoms with E-state index in [9.17, 15) is 0 Å². The average molecular weight is 419 g/mol. The highest BCUT2D eigenvalue weighted by Gasteiger charge is 2.06. The summed E-state index contributed by atoms with van der Waals surface area (Å²) in [4.78, 5) is 8.58. The minimum Gasteiger partial charge on any atom is -0.494 e. The second-order valence-corrected chi connectivity index (χ2v) is 7.08. The maximum atomic E-state index is 5.79. The van der Waals surface area contributed by atoms with Crippen LogP contribution in [0.2, 0.25) is 0 Å². The number of hydrogen-bond donors (Lipinski definition) is 2. The van der Waals surface area contributed by atoms with Crippen molar-refractivity contribution >= 4 is 5.96 Å². The first-order valence-electron chi connectivity index (χ1n) is 10.5.